The third-order valence-corrected chi connectivity index (χ3v) is 7.58. The number of rotatable bonds is 4. The van der Waals surface area contributed by atoms with Crippen molar-refractivity contribution < 1.29 is 14.4 Å². The highest BCUT2D eigenvalue weighted by molar-refractivity contribution is 6.10. The largest absolute Gasteiger partial charge is 0.322 e. The zero-order valence-corrected chi connectivity index (χ0v) is 21.8. The minimum Gasteiger partial charge on any atom is -0.322 e. The Morgan fingerprint density at radius 3 is 2.33 bits per heavy atom. The molecule has 0 aromatic heterocycles. The van der Waals surface area contributed by atoms with Crippen molar-refractivity contribution in [2.75, 3.05) is 23.3 Å². The Balaban J connectivity index is 1.22. The van der Waals surface area contributed by atoms with Crippen LogP contribution in [0.4, 0.5) is 11.4 Å². The lowest BCUT2D eigenvalue weighted by Gasteiger charge is -2.26. The third-order valence-electron chi connectivity index (χ3n) is 7.58. The first-order valence-electron chi connectivity index (χ1n) is 13.2. The molecule has 4 aromatic carbocycles. The van der Waals surface area contributed by atoms with Crippen LogP contribution in [0.15, 0.2) is 97.1 Å². The number of para-hydroxylation sites is 1. The molecule has 6 nitrogen and oxygen atoms in total. The van der Waals surface area contributed by atoms with Gasteiger partial charge in [-0.2, -0.15) is 0 Å². The molecule has 2 aliphatic rings. The third kappa shape index (κ3) is 4.99. The Hall–Kier alpha value is -4.55. The van der Waals surface area contributed by atoms with Crippen LogP contribution in [0.1, 0.15) is 38.3 Å². The molecule has 0 unspecified atom stereocenters. The Labute approximate surface area is 227 Å². The summed E-state index contributed by atoms with van der Waals surface area (Å²) in [7, 11) is 0. The number of aryl methyl sites for hydroxylation is 1. The molecule has 194 valence electrons. The van der Waals surface area contributed by atoms with Crippen molar-refractivity contribution in [2.24, 2.45) is 0 Å². The maximum Gasteiger partial charge on any atom is 0.258 e. The van der Waals surface area contributed by atoms with Crippen LogP contribution >= 0.6 is 0 Å². The fourth-order valence-corrected chi connectivity index (χ4v) is 5.52. The van der Waals surface area contributed by atoms with E-state index in [1.54, 1.807) is 29.2 Å². The van der Waals surface area contributed by atoms with Crippen LogP contribution < -0.4 is 10.2 Å². The van der Waals surface area contributed by atoms with Gasteiger partial charge in [-0.3, -0.25) is 19.3 Å². The molecule has 6 rings (SSSR count). The lowest BCUT2D eigenvalue weighted by Crippen LogP contribution is -2.40. The van der Waals surface area contributed by atoms with Gasteiger partial charge < -0.3 is 10.2 Å². The number of ketones is 1. The average Bonchev–Trinajstić information content (AvgIpc) is 3.23. The molecule has 1 fully saturated rings. The number of hydrogen-bond donors (Lipinski definition) is 1. The molecule has 0 radical (unpaired) electrons. The van der Waals surface area contributed by atoms with Gasteiger partial charge >= 0.3 is 0 Å². The number of nitrogens with one attached hydrogen (secondary N) is 1. The van der Waals surface area contributed by atoms with Crippen LogP contribution in [0.2, 0.25) is 0 Å². The zero-order chi connectivity index (χ0) is 26.9. The van der Waals surface area contributed by atoms with Crippen molar-refractivity contribution in [3.05, 3.63) is 119 Å². The van der Waals surface area contributed by atoms with E-state index in [1.165, 1.54) is 0 Å². The standard InChI is InChI=1S/C33H29N3O3/c1-22-10-12-23(13-11-22)29-7-3-4-8-30(29)32(38)34-26-16-14-24(15-17-26)33(39)36-20-27-18-28(37)21-35(27)19-25-6-2-5-9-31(25)36/h2-17,27H,18-21H2,1H3,(H,34,38)/t27-/m1/s1. The summed E-state index contributed by atoms with van der Waals surface area (Å²) in [6.07, 6.45) is 0.465. The fourth-order valence-electron chi connectivity index (χ4n) is 5.52. The number of benzene rings is 4. The SMILES string of the molecule is Cc1ccc(-c2ccccc2C(=O)Nc2ccc(C(=O)N3C[C@H]4CC(=O)CN4Cc4ccccc43)cc2)cc1. The van der Waals surface area contributed by atoms with Gasteiger partial charge in [0.2, 0.25) is 0 Å². The number of amides is 2. The average molecular weight is 516 g/mol. The van der Waals surface area contributed by atoms with E-state index in [0.717, 1.165) is 27.9 Å². The molecule has 6 heteroatoms. The van der Waals surface area contributed by atoms with Gasteiger partial charge in [-0.25, -0.2) is 0 Å². The number of anilines is 2. The van der Waals surface area contributed by atoms with Crippen molar-refractivity contribution in [3.8, 4) is 11.1 Å². The zero-order valence-electron chi connectivity index (χ0n) is 21.8. The van der Waals surface area contributed by atoms with Crippen molar-refractivity contribution in [3.63, 3.8) is 0 Å². The van der Waals surface area contributed by atoms with Gasteiger partial charge in [-0.1, -0.05) is 66.2 Å². The second-order valence-electron chi connectivity index (χ2n) is 10.3. The highest BCUT2D eigenvalue weighted by Gasteiger charge is 2.37. The molecule has 2 aliphatic heterocycles. The highest BCUT2D eigenvalue weighted by atomic mass is 16.2. The number of nitrogens with zero attached hydrogens (tertiary/aromatic N) is 2. The van der Waals surface area contributed by atoms with Crippen molar-refractivity contribution >= 4 is 29.0 Å². The summed E-state index contributed by atoms with van der Waals surface area (Å²) in [6, 6.07) is 30.6. The van der Waals surface area contributed by atoms with Crippen LogP contribution in [0.25, 0.3) is 11.1 Å². The number of Topliss-reactive ketones (excluding diaryl/α,β-unsaturated/α-hetero) is 1. The molecule has 1 N–H and O–H groups in total. The molecular formula is C33H29N3O3. The van der Waals surface area contributed by atoms with Gasteiger partial charge in [0.1, 0.15) is 5.78 Å². The molecule has 0 aliphatic carbocycles. The van der Waals surface area contributed by atoms with E-state index in [2.05, 4.69) is 10.2 Å². The fraction of sp³-hybridized carbons (Fsp3) is 0.182. The van der Waals surface area contributed by atoms with E-state index in [4.69, 9.17) is 0 Å². The molecule has 2 heterocycles. The Morgan fingerprint density at radius 2 is 1.54 bits per heavy atom. The normalized spacial score (nSPS) is 16.8. The summed E-state index contributed by atoms with van der Waals surface area (Å²) >= 11 is 0. The van der Waals surface area contributed by atoms with E-state index in [-0.39, 0.29) is 23.6 Å². The smallest absolute Gasteiger partial charge is 0.258 e. The Kier molecular flexibility index (Phi) is 6.55. The molecule has 0 spiro atoms. The van der Waals surface area contributed by atoms with E-state index < -0.39 is 0 Å². The van der Waals surface area contributed by atoms with Gasteiger partial charge in [-0.05, 0) is 60.0 Å². The topological polar surface area (TPSA) is 69.7 Å². The summed E-state index contributed by atoms with van der Waals surface area (Å²) in [5, 5.41) is 2.98. The molecule has 2 amide bonds. The van der Waals surface area contributed by atoms with Crippen LogP contribution in [0.5, 0.6) is 0 Å². The number of carbonyl (C=O) groups is 3. The number of carbonyl (C=O) groups excluding carboxylic acids is 3. The van der Waals surface area contributed by atoms with E-state index in [0.29, 0.717) is 42.9 Å². The van der Waals surface area contributed by atoms with Gasteiger partial charge in [0, 0.05) is 48.1 Å². The lowest BCUT2D eigenvalue weighted by molar-refractivity contribution is -0.117. The monoisotopic (exact) mass is 515 g/mol. The second kappa shape index (κ2) is 10.3. The molecule has 0 saturated carbocycles. The van der Waals surface area contributed by atoms with E-state index in [9.17, 15) is 14.4 Å². The van der Waals surface area contributed by atoms with Crippen molar-refractivity contribution in [1.29, 1.82) is 0 Å². The van der Waals surface area contributed by atoms with Gasteiger partial charge in [0.05, 0.1) is 6.54 Å². The van der Waals surface area contributed by atoms with Crippen LogP contribution in [0, 0.1) is 6.92 Å². The first kappa shape index (κ1) is 24.8. The highest BCUT2D eigenvalue weighted by Crippen LogP contribution is 2.32. The summed E-state index contributed by atoms with van der Waals surface area (Å²) in [5.74, 6) is -0.111. The summed E-state index contributed by atoms with van der Waals surface area (Å²) in [5.41, 5.74) is 6.65. The molecule has 39 heavy (non-hydrogen) atoms. The van der Waals surface area contributed by atoms with Gasteiger partial charge in [0.15, 0.2) is 0 Å². The first-order valence-corrected chi connectivity index (χ1v) is 13.2. The summed E-state index contributed by atoms with van der Waals surface area (Å²) in [4.78, 5) is 43.0. The Morgan fingerprint density at radius 1 is 0.821 bits per heavy atom. The first-order chi connectivity index (χ1) is 19.0. The van der Waals surface area contributed by atoms with E-state index in [1.807, 2.05) is 79.7 Å². The summed E-state index contributed by atoms with van der Waals surface area (Å²) in [6.45, 7) is 3.59. The van der Waals surface area contributed by atoms with Crippen LogP contribution in [-0.2, 0) is 11.3 Å². The van der Waals surface area contributed by atoms with Gasteiger partial charge in [-0.15, -0.1) is 0 Å². The lowest BCUT2D eigenvalue weighted by atomic mass is 9.98. The van der Waals surface area contributed by atoms with Crippen LogP contribution in [-0.4, -0.2) is 41.6 Å². The molecule has 4 aromatic rings. The molecule has 0 bridgehead atoms. The van der Waals surface area contributed by atoms with Crippen molar-refractivity contribution in [2.45, 2.75) is 25.9 Å². The van der Waals surface area contributed by atoms with Crippen molar-refractivity contribution in [1.82, 2.24) is 4.90 Å². The Bertz CT molecular complexity index is 1560. The van der Waals surface area contributed by atoms with Gasteiger partial charge in [0.25, 0.3) is 11.8 Å². The minimum absolute atomic E-state index is 0.0148. The molecule has 1 atom stereocenters. The van der Waals surface area contributed by atoms with E-state index >= 15 is 0 Å². The molecule has 1 saturated heterocycles. The minimum atomic E-state index is -0.210. The predicted octanol–water partition coefficient (Wildman–Crippen LogP) is 5.72. The second-order valence-corrected chi connectivity index (χ2v) is 10.3. The molecular weight excluding hydrogens is 486 g/mol. The van der Waals surface area contributed by atoms with Crippen LogP contribution in [0.3, 0.4) is 0 Å². The number of fused-ring (bicyclic) bond motifs is 2. The predicted molar refractivity (Wildman–Crippen MR) is 153 cm³/mol. The quantitative estimate of drug-likeness (QED) is 0.378. The summed E-state index contributed by atoms with van der Waals surface area (Å²) < 4.78 is 0. The maximum atomic E-state index is 13.7. The number of hydrogen-bond acceptors (Lipinski definition) is 4. The maximum absolute atomic E-state index is 13.7.